The number of aromatic nitrogens is 1. The quantitative estimate of drug-likeness (QED) is 0.842. The Morgan fingerprint density at radius 3 is 2.93 bits per heavy atom. The van der Waals surface area contributed by atoms with Crippen molar-refractivity contribution in [3.63, 3.8) is 0 Å². The molecule has 0 amide bonds. The molecule has 0 spiro atoms. The molecule has 0 bridgehead atoms. The zero-order valence-corrected chi connectivity index (χ0v) is 9.60. The summed E-state index contributed by atoms with van der Waals surface area (Å²) in [6.45, 7) is 2.86. The summed E-state index contributed by atoms with van der Waals surface area (Å²) in [6, 6.07) is 6.01. The Hall–Kier alpha value is -1.12. The van der Waals surface area contributed by atoms with Crippen LogP contribution in [-0.2, 0) is 6.54 Å². The number of hydrogen-bond acceptors (Lipinski definition) is 2. The Balaban J connectivity index is 2.65. The van der Waals surface area contributed by atoms with Crippen molar-refractivity contribution < 1.29 is 0 Å². The molecule has 78 valence electrons. The first kappa shape index (κ1) is 10.4. The van der Waals surface area contributed by atoms with Crippen LogP contribution in [0, 0.1) is 6.92 Å². The number of aryl methyl sites for hydroxylation is 1. The van der Waals surface area contributed by atoms with Gasteiger partial charge in [0.15, 0.2) is 0 Å². The molecule has 15 heavy (non-hydrogen) atoms. The fourth-order valence-corrected chi connectivity index (χ4v) is 1.88. The van der Waals surface area contributed by atoms with Gasteiger partial charge in [-0.15, -0.1) is 0 Å². The molecule has 0 saturated heterocycles. The fourth-order valence-electron chi connectivity index (χ4n) is 1.67. The molecule has 1 aromatic heterocycles. The monoisotopic (exact) mass is 220 g/mol. The van der Waals surface area contributed by atoms with E-state index in [9.17, 15) is 0 Å². The number of nitrogens with zero attached hydrogens (tertiary/aromatic N) is 1. The lowest BCUT2D eigenvalue weighted by Crippen LogP contribution is -2.05. The van der Waals surface area contributed by atoms with E-state index in [0.29, 0.717) is 0 Å². The number of nitrogens with one attached hydrogen (secondary N) is 1. The number of rotatable bonds is 2. The number of benzene rings is 1. The topological polar surface area (TPSA) is 24.9 Å². The highest BCUT2D eigenvalue weighted by Crippen LogP contribution is 2.25. The summed E-state index contributed by atoms with van der Waals surface area (Å²) in [5.74, 6) is 0. The molecule has 0 radical (unpaired) electrons. The molecule has 0 saturated carbocycles. The summed E-state index contributed by atoms with van der Waals surface area (Å²) in [5, 5.41) is 4.90. The van der Waals surface area contributed by atoms with Crippen molar-refractivity contribution in [1.82, 2.24) is 10.3 Å². The predicted octanol–water partition coefficient (Wildman–Crippen LogP) is 2.92. The number of fused-ring (bicyclic) bond motifs is 1. The summed E-state index contributed by atoms with van der Waals surface area (Å²) >= 11 is 6.14. The normalized spacial score (nSPS) is 10.9. The van der Waals surface area contributed by atoms with Crippen LogP contribution >= 0.6 is 11.6 Å². The average molecular weight is 221 g/mol. The first-order valence-electron chi connectivity index (χ1n) is 4.90. The van der Waals surface area contributed by atoms with E-state index < -0.39 is 0 Å². The maximum Gasteiger partial charge on any atom is 0.0746 e. The van der Waals surface area contributed by atoms with Crippen LogP contribution in [0.25, 0.3) is 10.9 Å². The van der Waals surface area contributed by atoms with E-state index in [1.54, 1.807) is 0 Å². The van der Waals surface area contributed by atoms with Crippen LogP contribution in [0.2, 0.25) is 5.02 Å². The summed E-state index contributed by atoms with van der Waals surface area (Å²) in [7, 11) is 1.92. The minimum absolute atomic E-state index is 0.765. The van der Waals surface area contributed by atoms with Crippen LogP contribution in [0.5, 0.6) is 0 Å². The second-order valence-corrected chi connectivity index (χ2v) is 4.04. The highest BCUT2D eigenvalue weighted by molar-refractivity contribution is 6.35. The number of halogens is 1. The van der Waals surface area contributed by atoms with Gasteiger partial charge in [0.25, 0.3) is 0 Å². The van der Waals surface area contributed by atoms with Gasteiger partial charge in [-0.05, 0) is 37.2 Å². The van der Waals surface area contributed by atoms with Crippen molar-refractivity contribution in [3.05, 3.63) is 40.5 Å². The van der Waals surface area contributed by atoms with Crippen LogP contribution in [0.15, 0.2) is 24.4 Å². The van der Waals surface area contributed by atoms with Gasteiger partial charge in [-0.3, -0.25) is 4.98 Å². The Labute approximate surface area is 94.3 Å². The van der Waals surface area contributed by atoms with E-state index in [4.69, 9.17) is 11.6 Å². The fraction of sp³-hybridized carbons (Fsp3) is 0.250. The van der Waals surface area contributed by atoms with Crippen molar-refractivity contribution >= 4 is 22.5 Å². The number of pyridine rings is 1. The minimum atomic E-state index is 0.765. The van der Waals surface area contributed by atoms with Crippen LogP contribution in [0.1, 0.15) is 11.1 Å². The molecule has 0 aliphatic rings. The largest absolute Gasteiger partial charge is 0.316 e. The lowest BCUT2D eigenvalue weighted by molar-refractivity contribution is 0.815. The first-order valence-corrected chi connectivity index (χ1v) is 5.28. The molecule has 0 fully saturated rings. The van der Waals surface area contributed by atoms with Gasteiger partial charge < -0.3 is 5.32 Å². The van der Waals surface area contributed by atoms with Crippen molar-refractivity contribution in [2.75, 3.05) is 7.05 Å². The van der Waals surface area contributed by atoms with E-state index in [2.05, 4.69) is 16.4 Å². The van der Waals surface area contributed by atoms with Gasteiger partial charge in [0.2, 0.25) is 0 Å². The van der Waals surface area contributed by atoms with Gasteiger partial charge in [0.05, 0.1) is 5.52 Å². The molecule has 0 aliphatic heterocycles. The van der Waals surface area contributed by atoms with Gasteiger partial charge in [-0.2, -0.15) is 0 Å². The molecular formula is C12H13ClN2. The third-order valence-corrected chi connectivity index (χ3v) is 2.77. The molecule has 2 rings (SSSR count). The minimum Gasteiger partial charge on any atom is -0.316 e. The summed E-state index contributed by atoms with van der Waals surface area (Å²) in [4.78, 5) is 4.44. The highest BCUT2D eigenvalue weighted by atomic mass is 35.5. The molecule has 2 nitrogen and oxygen atoms in total. The third kappa shape index (κ3) is 1.96. The maximum atomic E-state index is 6.14. The van der Waals surface area contributed by atoms with Crippen molar-refractivity contribution in [2.45, 2.75) is 13.5 Å². The maximum absolute atomic E-state index is 6.14. The SMILES string of the molecule is CNCc1cnc2c(C)ccc(Cl)c2c1. The zero-order valence-electron chi connectivity index (χ0n) is 8.84. The zero-order chi connectivity index (χ0) is 10.8. The third-order valence-electron chi connectivity index (χ3n) is 2.44. The number of hydrogen-bond donors (Lipinski definition) is 1. The first-order chi connectivity index (χ1) is 7.22. The highest BCUT2D eigenvalue weighted by Gasteiger charge is 2.04. The summed E-state index contributed by atoms with van der Waals surface area (Å²) in [5.41, 5.74) is 3.30. The smallest absolute Gasteiger partial charge is 0.0746 e. The van der Waals surface area contributed by atoms with Crippen LogP contribution in [-0.4, -0.2) is 12.0 Å². The lowest BCUT2D eigenvalue weighted by Gasteiger charge is -2.06. The van der Waals surface area contributed by atoms with Gasteiger partial charge in [0.1, 0.15) is 0 Å². The molecule has 1 N–H and O–H groups in total. The standard InChI is InChI=1S/C12H13ClN2/c1-8-3-4-11(13)10-5-9(6-14-2)7-15-12(8)10/h3-5,7,14H,6H2,1-2H3. The van der Waals surface area contributed by atoms with Gasteiger partial charge >= 0.3 is 0 Å². The van der Waals surface area contributed by atoms with Gasteiger partial charge in [-0.25, -0.2) is 0 Å². The van der Waals surface area contributed by atoms with E-state index in [1.807, 2.05) is 32.3 Å². The molecule has 1 heterocycles. The van der Waals surface area contributed by atoms with E-state index in [1.165, 1.54) is 0 Å². The van der Waals surface area contributed by atoms with Gasteiger partial charge in [-0.1, -0.05) is 17.7 Å². The summed E-state index contributed by atoms with van der Waals surface area (Å²) < 4.78 is 0. The van der Waals surface area contributed by atoms with E-state index in [0.717, 1.165) is 33.6 Å². The molecule has 0 atom stereocenters. The molecule has 3 heteroatoms. The van der Waals surface area contributed by atoms with E-state index >= 15 is 0 Å². The molecule has 0 unspecified atom stereocenters. The Bertz CT molecular complexity index is 494. The van der Waals surface area contributed by atoms with E-state index in [-0.39, 0.29) is 0 Å². The molecule has 1 aromatic carbocycles. The van der Waals surface area contributed by atoms with Gasteiger partial charge in [0, 0.05) is 23.2 Å². The molecule has 2 aromatic rings. The summed E-state index contributed by atoms with van der Waals surface area (Å²) in [6.07, 6.45) is 1.89. The predicted molar refractivity (Wildman–Crippen MR) is 64.3 cm³/mol. The van der Waals surface area contributed by atoms with Crippen molar-refractivity contribution in [1.29, 1.82) is 0 Å². The van der Waals surface area contributed by atoms with Crippen LogP contribution in [0.3, 0.4) is 0 Å². The van der Waals surface area contributed by atoms with Crippen molar-refractivity contribution in [2.24, 2.45) is 0 Å². The average Bonchev–Trinajstić information content (AvgIpc) is 2.24. The Kier molecular flexibility index (Phi) is 2.89. The molecule has 0 aliphatic carbocycles. The lowest BCUT2D eigenvalue weighted by atomic mass is 10.1. The van der Waals surface area contributed by atoms with Crippen LogP contribution < -0.4 is 5.32 Å². The second kappa shape index (κ2) is 4.17. The van der Waals surface area contributed by atoms with Crippen LogP contribution in [0.4, 0.5) is 0 Å². The Morgan fingerprint density at radius 1 is 1.40 bits per heavy atom. The Morgan fingerprint density at radius 2 is 2.20 bits per heavy atom. The van der Waals surface area contributed by atoms with Crippen molar-refractivity contribution in [3.8, 4) is 0 Å². The molecular weight excluding hydrogens is 208 g/mol. The second-order valence-electron chi connectivity index (χ2n) is 3.63.